The van der Waals surface area contributed by atoms with Gasteiger partial charge in [-0.25, -0.2) is 0 Å². The number of alkyl halides is 3. The van der Waals surface area contributed by atoms with Gasteiger partial charge in [-0.05, 0) is 30.5 Å². The summed E-state index contributed by atoms with van der Waals surface area (Å²) in [5.41, 5.74) is 4.82. The van der Waals surface area contributed by atoms with Crippen LogP contribution in [0.4, 0.5) is 13.2 Å². The zero-order chi connectivity index (χ0) is 14.8. The number of benzene rings is 1. The smallest absolute Gasteiger partial charge is 0.368 e. The van der Waals surface area contributed by atoms with Gasteiger partial charge in [-0.2, -0.15) is 13.2 Å². The Bertz CT molecular complexity index is 482. The number of hydrogen-bond acceptors (Lipinski definition) is 2. The predicted molar refractivity (Wildman–Crippen MR) is 68.8 cm³/mol. The molecule has 1 aromatic rings. The molecule has 0 spiro atoms. The minimum absolute atomic E-state index is 0.141. The van der Waals surface area contributed by atoms with Gasteiger partial charge in [-0.1, -0.05) is 25.0 Å². The Labute approximate surface area is 115 Å². The molecule has 2 rings (SSSR count). The van der Waals surface area contributed by atoms with Crippen molar-refractivity contribution in [3.05, 3.63) is 35.4 Å². The number of carbonyl (C=O) groups is 1. The van der Waals surface area contributed by atoms with Crippen LogP contribution in [0.15, 0.2) is 24.3 Å². The summed E-state index contributed by atoms with van der Waals surface area (Å²) in [5.74, 6) is -0.656. The van der Waals surface area contributed by atoms with Crippen molar-refractivity contribution in [2.75, 3.05) is 0 Å². The lowest BCUT2D eigenvalue weighted by Gasteiger charge is -2.21. The Balaban J connectivity index is 2.22. The van der Waals surface area contributed by atoms with Gasteiger partial charge in [-0.15, -0.1) is 0 Å². The topological polar surface area (TPSA) is 55.1 Å². The van der Waals surface area contributed by atoms with Crippen LogP contribution in [0, 0.1) is 0 Å². The summed E-state index contributed by atoms with van der Waals surface area (Å²) in [6.45, 7) is 0. The highest BCUT2D eigenvalue weighted by Crippen LogP contribution is 2.31. The molecule has 1 aromatic carbocycles. The fourth-order valence-corrected chi connectivity index (χ4v) is 2.57. The lowest BCUT2D eigenvalue weighted by Crippen LogP contribution is -2.39. The molecule has 0 radical (unpaired) electrons. The molecule has 1 amide bonds. The predicted octanol–water partition coefficient (Wildman–Crippen LogP) is 2.76. The molecule has 1 aliphatic rings. The van der Waals surface area contributed by atoms with E-state index in [0.717, 1.165) is 37.8 Å². The van der Waals surface area contributed by atoms with Crippen LogP contribution in [0.1, 0.15) is 42.9 Å². The van der Waals surface area contributed by atoms with Gasteiger partial charge in [0.05, 0.1) is 5.56 Å². The van der Waals surface area contributed by atoms with E-state index in [1.54, 1.807) is 0 Å². The van der Waals surface area contributed by atoms with E-state index in [2.05, 4.69) is 5.32 Å². The second-order valence-corrected chi connectivity index (χ2v) is 5.11. The van der Waals surface area contributed by atoms with Gasteiger partial charge < -0.3 is 5.73 Å². The van der Waals surface area contributed by atoms with Crippen LogP contribution in [0.25, 0.3) is 0 Å². The van der Waals surface area contributed by atoms with Crippen molar-refractivity contribution in [3.8, 4) is 0 Å². The molecule has 1 saturated carbocycles. The average molecular weight is 286 g/mol. The number of rotatable bonds is 4. The van der Waals surface area contributed by atoms with E-state index in [4.69, 9.17) is 5.73 Å². The molecule has 0 saturated heterocycles. The SMILES string of the molecule is NC(=O)C(NC1CCCC1)c1cccc(C(F)(F)F)c1. The van der Waals surface area contributed by atoms with Gasteiger partial charge in [0.25, 0.3) is 0 Å². The number of nitrogens with two attached hydrogens (primary N) is 1. The van der Waals surface area contributed by atoms with E-state index < -0.39 is 23.7 Å². The number of hydrogen-bond donors (Lipinski definition) is 2. The first-order valence-corrected chi connectivity index (χ1v) is 6.60. The van der Waals surface area contributed by atoms with Gasteiger partial charge in [0.15, 0.2) is 0 Å². The lowest BCUT2D eigenvalue weighted by atomic mass is 10.0. The van der Waals surface area contributed by atoms with E-state index in [0.29, 0.717) is 0 Å². The molecule has 1 unspecified atom stereocenters. The van der Waals surface area contributed by atoms with Crippen LogP contribution in [-0.2, 0) is 11.0 Å². The van der Waals surface area contributed by atoms with Gasteiger partial charge in [0.2, 0.25) is 5.91 Å². The van der Waals surface area contributed by atoms with Gasteiger partial charge >= 0.3 is 6.18 Å². The van der Waals surface area contributed by atoms with Gasteiger partial charge in [0.1, 0.15) is 6.04 Å². The Kier molecular flexibility index (Phi) is 4.32. The van der Waals surface area contributed by atoms with E-state index in [9.17, 15) is 18.0 Å². The first-order valence-electron chi connectivity index (χ1n) is 6.60. The molecule has 0 aromatic heterocycles. The third-order valence-electron chi connectivity index (χ3n) is 3.59. The Morgan fingerprint density at radius 1 is 1.30 bits per heavy atom. The van der Waals surface area contributed by atoms with Crippen LogP contribution in [0.2, 0.25) is 0 Å². The van der Waals surface area contributed by atoms with Crippen LogP contribution in [-0.4, -0.2) is 11.9 Å². The van der Waals surface area contributed by atoms with Gasteiger partial charge in [0, 0.05) is 6.04 Å². The summed E-state index contributed by atoms with van der Waals surface area (Å²) in [7, 11) is 0. The first kappa shape index (κ1) is 14.8. The second kappa shape index (κ2) is 5.83. The molecule has 0 heterocycles. The molecule has 1 aliphatic carbocycles. The number of nitrogens with one attached hydrogen (secondary N) is 1. The minimum atomic E-state index is -4.43. The van der Waals surface area contributed by atoms with Crippen LogP contribution < -0.4 is 11.1 Å². The molecule has 20 heavy (non-hydrogen) atoms. The molecule has 6 heteroatoms. The summed E-state index contributed by atoms with van der Waals surface area (Å²) in [4.78, 5) is 11.5. The summed E-state index contributed by atoms with van der Waals surface area (Å²) in [5, 5.41) is 3.07. The molecular weight excluding hydrogens is 269 g/mol. The third kappa shape index (κ3) is 3.50. The van der Waals surface area contributed by atoms with Crippen molar-refractivity contribution >= 4 is 5.91 Å². The van der Waals surface area contributed by atoms with Gasteiger partial charge in [-0.3, -0.25) is 10.1 Å². The highest BCUT2D eigenvalue weighted by molar-refractivity contribution is 5.81. The molecule has 3 nitrogen and oxygen atoms in total. The van der Waals surface area contributed by atoms with Crippen LogP contribution >= 0.6 is 0 Å². The largest absolute Gasteiger partial charge is 0.416 e. The minimum Gasteiger partial charge on any atom is -0.368 e. The molecular formula is C14H17F3N2O. The zero-order valence-corrected chi connectivity index (χ0v) is 10.9. The zero-order valence-electron chi connectivity index (χ0n) is 10.9. The maximum atomic E-state index is 12.7. The first-order chi connectivity index (χ1) is 9.38. The van der Waals surface area contributed by atoms with E-state index >= 15 is 0 Å². The molecule has 1 fully saturated rings. The quantitative estimate of drug-likeness (QED) is 0.894. The highest BCUT2D eigenvalue weighted by atomic mass is 19.4. The molecule has 0 aliphatic heterocycles. The van der Waals surface area contributed by atoms with Crippen molar-refractivity contribution in [3.63, 3.8) is 0 Å². The maximum Gasteiger partial charge on any atom is 0.416 e. The summed E-state index contributed by atoms with van der Waals surface area (Å²) < 4.78 is 38.1. The van der Waals surface area contributed by atoms with Crippen molar-refractivity contribution < 1.29 is 18.0 Å². The third-order valence-corrected chi connectivity index (χ3v) is 3.59. The van der Waals surface area contributed by atoms with E-state index in [1.165, 1.54) is 12.1 Å². The molecule has 0 bridgehead atoms. The fourth-order valence-electron chi connectivity index (χ4n) is 2.57. The van der Waals surface area contributed by atoms with Crippen LogP contribution in [0.3, 0.4) is 0 Å². The van der Waals surface area contributed by atoms with Crippen molar-refractivity contribution in [1.29, 1.82) is 0 Å². The van der Waals surface area contributed by atoms with Crippen molar-refractivity contribution in [2.45, 2.75) is 43.9 Å². The fraction of sp³-hybridized carbons (Fsp3) is 0.500. The summed E-state index contributed by atoms with van der Waals surface area (Å²) in [6, 6.07) is 4.02. The maximum absolute atomic E-state index is 12.7. The monoisotopic (exact) mass is 286 g/mol. The number of amides is 1. The summed E-state index contributed by atoms with van der Waals surface area (Å²) >= 11 is 0. The van der Waals surface area contributed by atoms with E-state index in [-0.39, 0.29) is 11.6 Å². The van der Waals surface area contributed by atoms with Crippen LogP contribution in [0.5, 0.6) is 0 Å². The number of primary amides is 1. The molecule has 110 valence electrons. The highest BCUT2D eigenvalue weighted by Gasteiger charge is 2.32. The number of carbonyl (C=O) groups excluding carboxylic acids is 1. The van der Waals surface area contributed by atoms with Crippen molar-refractivity contribution in [2.24, 2.45) is 5.73 Å². The lowest BCUT2D eigenvalue weighted by molar-refractivity contribution is -0.137. The Hall–Kier alpha value is -1.56. The Morgan fingerprint density at radius 3 is 2.50 bits per heavy atom. The molecule has 1 atom stereocenters. The van der Waals surface area contributed by atoms with Crippen molar-refractivity contribution in [1.82, 2.24) is 5.32 Å². The van der Waals surface area contributed by atoms with E-state index in [1.807, 2.05) is 0 Å². The normalized spacial score (nSPS) is 18.1. The molecule has 3 N–H and O–H groups in total. The summed E-state index contributed by atoms with van der Waals surface area (Å²) in [6.07, 6.45) is -0.464. The standard InChI is InChI=1S/C14H17F3N2O/c15-14(16,17)10-5-3-4-9(8-10)12(13(18)20)19-11-6-1-2-7-11/h3-5,8,11-12,19H,1-2,6-7H2,(H2,18,20). The Morgan fingerprint density at radius 2 is 1.95 bits per heavy atom. The second-order valence-electron chi connectivity index (χ2n) is 5.11. The number of halogens is 3. The average Bonchev–Trinajstić information content (AvgIpc) is 2.87.